The fourth-order valence-electron chi connectivity index (χ4n) is 2.91. The van der Waals surface area contributed by atoms with Gasteiger partial charge in [0.15, 0.2) is 17.4 Å². The molecule has 0 saturated carbocycles. The van der Waals surface area contributed by atoms with Crippen molar-refractivity contribution in [2.75, 3.05) is 19.7 Å². The van der Waals surface area contributed by atoms with Crippen molar-refractivity contribution in [1.82, 2.24) is 5.32 Å². The summed E-state index contributed by atoms with van der Waals surface area (Å²) >= 11 is 0. The molecule has 1 fully saturated rings. The summed E-state index contributed by atoms with van der Waals surface area (Å²) in [7, 11) is 0. The van der Waals surface area contributed by atoms with Crippen LogP contribution >= 0.6 is 0 Å². The van der Waals surface area contributed by atoms with Gasteiger partial charge in [0.25, 0.3) is 0 Å². The van der Waals surface area contributed by atoms with Gasteiger partial charge in [-0.3, -0.25) is 0 Å². The first kappa shape index (κ1) is 15.8. The van der Waals surface area contributed by atoms with E-state index >= 15 is 0 Å². The van der Waals surface area contributed by atoms with Crippen LogP contribution in [0.25, 0.3) is 5.57 Å². The lowest BCUT2D eigenvalue weighted by atomic mass is 9.99. The quantitative estimate of drug-likeness (QED) is 0.860. The molecule has 0 radical (unpaired) electrons. The van der Waals surface area contributed by atoms with Crippen LogP contribution in [0.15, 0.2) is 29.9 Å². The van der Waals surface area contributed by atoms with Crippen molar-refractivity contribution in [3.05, 3.63) is 53.0 Å². The molecule has 2 aliphatic heterocycles. The van der Waals surface area contributed by atoms with Crippen LogP contribution < -0.4 is 20.6 Å². The van der Waals surface area contributed by atoms with Gasteiger partial charge in [-0.2, -0.15) is 4.39 Å². The molecule has 6 heteroatoms. The highest BCUT2D eigenvalue weighted by molar-refractivity contribution is 5.73. The maximum absolute atomic E-state index is 14.5. The molecule has 0 atom stereocenters. The molecule has 1 aromatic rings. The molecule has 2 aliphatic rings. The number of nitrogens with zero attached hydrogens (tertiary/aromatic N) is 1. The highest BCUT2D eigenvalue weighted by Crippen LogP contribution is 2.24. The number of ether oxygens (including phenoxy) is 1. The van der Waals surface area contributed by atoms with Gasteiger partial charge in [-0.05, 0) is 31.8 Å². The predicted octanol–water partition coefficient (Wildman–Crippen LogP) is 1.97. The molecule has 0 amide bonds. The van der Waals surface area contributed by atoms with E-state index in [4.69, 9.17) is 4.74 Å². The molecule has 1 saturated heterocycles. The topological polar surface area (TPSA) is 33.6 Å². The van der Waals surface area contributed by atoms with Crippen LogP contribution in [0, 0.1) is 23.4 Å². The van der Waals surface area contributed by atoms with Crippen molar-refractivity contribution in [2.24, 2.45) is 10.9 Å². The third kappa shape index (κ3) is 2.67. The van der Waals surface area contributed by atoms with Gasteiger partial charge in [-0.25, -0.2) is 13.8 Å². The number of benzene rings is 1. The zero-order valence-corrected chi connectivity index (χ0v) is 12.6. The lowest BCUT2D eigenvalue weighted by Crippen LogP contribution is -2.34. The zero-order chi connectivity index (χ0) is 16.6. The van der Waals surface area contributed by atoms with E-state index in [9.17, 15) is 13.2 Å². The minimum Gasteiger partial charge on any atom is -0.487 e. The SMILES string of the molecule is C=CC1=c2c(F)c(F)c(OCC3CCNCC3)c(F)c2=NC1=C. The average molecular weight is 322 g/mol. The molecule has 2 heterocycles. The minimum atomic E-state index is -1.33. The molecule has 1 aromatic carbocycles. The smallest absolute Gasteiger partial charge is 0.204 e. The Morgan fingerprint density at radius 3 is 2.52 bits per heavy atom. The third-order valence-electron chi connectivity index (χ3n) is 4.21. The summed E-state index contributed by atoms with van der Waals surface area (Å²) in [6.45, 7) is 8.93. The fourth-order valence-corrected chi connectivity index (χ4v) is 2.91. The maximum atomic E-state index is 14.5. The van der Waals surface area contributed by atoms with E-state index in [0.29, 0.717) is 0 Å². The van der Waals surface area contributed by atoms with Crippen LogP contribution in [0.4, 0.5) is 13.2 Å². The monoisotopic (exact) mass is 322 g/mol. The van der Waals surface area contributed by atoms with Gasteiger partial charge in [0.05, 0.1) is 17.5 Å². The summed E-state index contributed by atoms with van der Waals surface area (Å²) in [4.78, 5) is 3.89. The Morgan fingerprint density at radius 2 is 1.87 bits per heavy atom. The van der Waals surface area contributed by atoms with E-state index in [0.717, 1.165) is 25.9 Å². The average Bonchev–Trinajstić information content (AvgIpc) is 2.90. The Morgan fingerprint density at radius 1 is 1.17 bits per heavy atom. The van der Waals surface area contributed by atoms with Crippen LogP contribution in [0.5, 0.6) is 5.75 Å². The molecule has 0 aromatic heterocycles. The van der Waals surface area contributed by atoms with E-state index < -0.39 is 23.2 Å². The summed E-state index contributed by atoms with van der Waals surface area (Å²) in [6.07, 6.45) is 2.99. The van der Waals surface area contributed by atoms with Crippen molar-refractivity contribution in [3.63, 3.8) is 0 Å². The third-order valence-corrected chi connectivity index (χ3v) is 4.21. The standard InChI is InChI=1S/C17H17F3N2O/c1-3-11-9(2)22-16-12(11)13(18)14(19)17(15(16)20)23-8-10-4-6-21-7-5-10/h3,10,21H,1-2,4-8H2. The second kappa shape index (κ2) is 6.20. The van der Waals surface area contributed by atoms with Crippen molar-refractivity contribution in [1.29, 1.82) is 0 Å². The first-order valence-electron chi connectivity index (χ1n) is 7.49. The second-order valence-corrected chi connectivity index (χ2v) is 5.68. The summed E-state index contributed by atoms with van der Waals surface area (Å²) in [6, 6.07) is 0. The number of piperidine rings is 1. The van der Waals surface area contributed by atoms with Crippen LogP contribution in [0.3, 0.4) is 0 Å². The first-order chi connectivity index (χ1) is 11.0. The first-order valence-corrected chi connectivity index (χ1v) is 7.49. The van der Waals surface area contributed by atoms with Gasteiger partial charge >= 0.3 is 0 Å². The van der Waals surface area contributed by atoms with E-state index in [1.165, 1.54) is 6.08 Å². The fraction of sp³-hybridized carbons (Fsp3) is 0.353. The Balaban J connectivity index is 2.01. The molecular weight excluding hydrogens is 305 g/mol. The van der Waals surface area contributed by atoms with E-state index in [2.05, 4.69) is 23.5 Å². The summed E-state index contributed by atoms with van der Waals surface area (Å²) in [5.74, 6) is -4.03. The summed E-state index contributed by atoms with van der Waals surface area (Å²) < 4.78 is 48.4. The highest BCUT2D eigenvalue weighted by atomic mass is 19.2. The lowest BCUT2D eigenvalue weighted by molar-refractivity contribution is 0.198. The lowest BCUT2D eigenvalue weighted by Gasteiger charge is -2.22. The van der Waals surface area contributed by atoms with Crippen LogP contribution in [-0.2, 0) is 0 Å². The zero-order valence-electron chi connectivity index (χ0n) is 12.6. The number of halogens is 3. The number of fused-ring (bicyclic) bond motifs is 1. The van der Waals surface area contributed by atoms with Crippen molar-refractivity contribution in [3.8, 4) is 5.75 Å². The normalized spacial score (nSPS) is 17.9. The second-order valence-electron chi connectivity index (χ2n) is 5.68. The van der Waals surface area contributed by atoms with Gasteiger partial charge in [0.1, 0.15) is 5.36 Å². The molecular formula is C17H17F3N2O. The number of hydrogen-bond donors (Lipinski definition) is 1. The number of hydrogen-bond acceptors (Lipinski definition) is 3. The van der Waals surface area contributed by atoms with Gasteiger partial charge in [0, 0.05) is 5.57 Å². The van der Waals surface area contributed by atoms with Crippen LogP contribution in [0.2, 0.25) is 0 Å². The Kier molecular flexibility index (Phi) is 4.26. The van der Waals surface area contributed by atoms with Gasteiger partial charge in [-0.1, -0.05) is 19.2 Å². The molecule has 0 unspecified atom stereocenters. The molecule has 1 N–H and O–H groups in total. The molecule has 0 bridgehead atoms. The van der Waals surface area contributed by atoms with Crippen LogP contribution in [-0.4, -0.2) is 19.7 Å². The largest absolute Gasteiger partial charge is 0.487 e. The van der Waals surface area contributed by atoms with Crippen LogP contribution in [0.1, 0.15) is 12.8 Å². The molecule has 0 aliphatic carbocycles. The van der Waals surface area contributed by atoms with Gasteiger partial charge in [0.2, 0.25) is 5.82 Å². The molecule has 3 rings (SSSR count). The highest BCUT2D eigenvalue weighted by Gasteiger charge is 2.26. The summed E-state index contributed by atoms with van der Waals surface area (Å²) in [5.41, 5.74) is 0.350. The van der Waals surface area contributed by atoms with E-state index in [1.807, 2.05) is 0 Å². The van der Waals surface area contributed by atoms with Gasteiger partial charge in [-0.15, -0.1) is 0 Å². The summed E-state index contributed by atoms with van der Waals surface area (Å²) in [5, 5.41) is 2.68. The molecule has 23 heavy (non-hydrogen) atoms. The van der Waals surface area contributed by atoms with Crippen molar-refractivity contribution in [2.45, 2.75) is 12.8 Å². The van der Waals surface area contributed by atoms with E-state index in [-0.39, 0.29) is 34.4 Å². The van der Waals surface area contributed by atoms with Gasteiger partial charge < -0.3 is 10.1 Å². The van der Waals surface area contributed by atoms with Crippen molar-refractivity contribution < 1.29 is 17.9 Å². The molecule has 122 valence electrons. The number of nitrogens with one attached hydrogen (secondary N) is 1. The number of allylic oxidation sites excluding steroid dienone is 1. The predicted molar refractivity (Wildman–Crippen MR) is 80.9 cm³/mol. The molecule has 0 spiro atoms. The van der Waals surface area contributed by atoms with Crippen molar-refractivity contribution >= 4 is 5.57 Å². The minimum absolute atomic E-state index is 0.146. The number of rotatable bonds is 4. The Hall–Kier alpha value is -2.08. The maximum Gasteiger partial charge on any atom is 0.204 e. The van der Waals surface area contributed by atoms with E-state index in [1.54, 1.807) is 0 Å². The Bertz CT molecular complexity index is 795. The molecule has 3 nitrogen and oxygen atoms in total. The Labute approximate surface area is 131 Å².